The first-order valence-electron chi connectivity index (χ1n) is 17.4. The van der Waals surface area contributed by atoms with E-state index in [4.69, 9.17) is 10.5 Å². The number of piperidine rings is 1. The first-order valence-corrected chi connectivity index (χ1v) is 18.3. The minimum Gasteiger partial charge on any atom is -0.481 e. The Hall–Kier alpha value is -3.84. The average molecular weight is 714 g/mol. The molecule has 0 saturated carbocycles. The van der Waals surface area contributed by atoms with Gasteiger partial charge in [0.05, 0.1) is 11.5 Å². The Balaban J connectivity index is 1.77. The van der Waals surface area contributed by atoms with Gasteiger partial charge in [0.15, 0.2) is 11.9 Å². The quantitative estimate of drug-likeness (QED) is 0.148. The average Bonchev–Trinajstić information content (AvgIpc) is 3.53. The monoisotopic (exact) mass is 713 g/mol. The van der Waals surface area contributed by atoms with E-state index in [1.807, 2.05) is 33.0 Å². The molecule has 1 aliphatic heterocycles. The van der Waals surface area contributed by atoms with Gasteiger partial charge in [0.2, 0.25) is 5.91 Å². The van der Waals surface area contributed by atoms with E-state index >= 15 is 0 Å². The van der Waals surface area contributed by atoms with Gasteiger partial charge in [-0.1, -0.05) is 39.3 Å². The van der Waals surface area contributed by atoms with Crippen molar-refractivity contribution >= 4 is 46.6 Å². The zero-order valence-electron chi connectivity index (χ0n) is 30.7. The molecule has 3 rings (SSSR count). The molecule has 0 radical (unpaired) electrons. The zero-order chi connectivity index (χ0) is 37.3. The van der Waals surface area contributed by atoms with Crippen molar-refractivity contribution < 1.29 is 33.8 Å². The lowest BCUT2D eigenvalue weighted by Crippen LogP contribution is -2.46. The number of carbonyl (C=O) groups excluding carboxylic acids is 4. The number of nitrogens with one attached hydrogen (secondary N) is 1. The van der Waals surface area contributed by atoms with Crippen LogP contribution in [0, 0.1) is 17.3 Å². The van der Waals surface area contributed by atoms with Crippen LogP contribution in [0.2, 0.25) is 0 Å². The van der Waals surface area contributed by atoms with Gasteiger partial charge in [-0.3, -0.25) is 28.9 Å². The van der Waals surface area contributed by atoms with Gasteiger partial charge < -0.3 is 25.8 Å². The normalized spacial score (nSPS) is 17.7. The Bertz CT molecular complexity index is 1490. The summed E-state index contributed by atoms with van der Waals surface area (Å²) in [5.74, 6) is -2.60. The first kappa shape index (κ1) is 40.6. The number of nitrogens with two attached hydrogens (primary N) is 1. The number of hydrogen-bond acceptors (Lipinski definition) is 10. The Morgan fingerprint density at radius 2 is 1.80 bits per heavy atom. The Morgan fingerprint density at radius 3 is 2.38 bits per heavy atom. The number of thiazole rings is 1. The molecule has 13 heteroatoms. The molecule has 276 valence electrons. The van der Waals surface area contributed by atoms with Gasteiger partial charge in [-0.2, -0.15) is 0 Å². The lowest BCUT2D eigenvalue weighted by molar-refractivity contribution is -0.149. The number of nitrogen functional groups attached to an aromatic ring is 1. The topological polar surface area (TPSA) is 172 Å². The van der Waals surface area contributed by atoms with Crippen molar-refractivity contribution in [1.82, 2.24) is 20.1 Å². The number of ketones is 1. The molecule has 0 spiro atoms. The summed E-state index contributed by atoms with van der Waals surface area (Å²) < 4.78 is 5.72. The molecule has 2 heterocycles. The molecule has 0 aliphatic carbocycles. The van der Waals surface area contributed by atoms with E-state index < -0.39 is 41.3 Å². The number of benzene rings is 1. The molecule has 1 saturated heterocycles. The standard InChI is InChI=1S/C37H55N5O7S/c1-22(2)30(42(8)35(46)23(3)17-31(44)29-11-9-10-16-41(29)7)19-32(49-24(4)43)34-40-28(21-50-34)33(45)39-27(20-37(5,6)36(47)48)18-25-12-14-26(38)15-13-25/h12-15,21-23,27,29-30,32H,9-11,16-20,38H2,1-8H3,(H,39,45)(H,47,48)/t23-,27+,29-,30-,32-/m1/s1. The lowest BCUT2D eigenvalue weighted by Gasteiger charge is -2.35. The second-order valence-electron chi connectivity index (χ2n) is 14.7. The molecule has 0 bridgehead atoms. The fourth-order valence-corrected chi connectivity index (χ4v) is 7.47. The number of carboxylic acids is 1. The van der Waals surface area contributed by atoms with Crippen LogP contribution >= 0.6 is 11.3 Å². The maximum Gasteiger partial charge on any atom is 0.309 e. The van der Waals surface area contributed by atoms with Crippen molar-refractivity contribution in [1.29, 1.82) is 0 Å². The molecule has 2 aromatic rings. The Morgan fingerprint density at radius 1 is 1.14 bits per heavy atom. The summed E-state index contributed by atoms with van der Waals surface area (Å²) in [7, 11) is 3.67. The van der Waals surface area contributed by atoms with Crippen molar-refractivity contribution in [2.45, 2.75) is 111 Å². The molecule has 1 aliphatic rings. The highest BCUT2D eigenvalue weighted by molar-refractivity contribution is 7.09. The summed E-state index contributed by atoms with van der Waals surface area (Å²) in [5.41, 5.74) is 6.32. The number of carboxylic acid groups (broad SMARTS) is 1. The number of hydrogen-bond donors (Lipinski definition) is 3. The molecule has 0 unspecified atom stereocenters. The van der Waals surface area contributed by atoms with Gasteiger partial charge in [-0.15, -0.1) is 11.3 Å². The van der Waals surface area contributed by atoms with E-state index in [2.05, 4.69) is 15.2 Å². The number of likely N-dealkylation sites (tertiary alicyclic amines) is 1. The number of likely N-dealkylation sites (N-methyl/N-ethyl adjacent to an activating group) is 1. The van der Waals surface area contributed by atoms with Gasteiger partial charge in [-0.25, -0.2) is 4.98 Å². The van der Waals surface area contributed by atoms with Crippen LogP contribution in [0.15, 0.2) is 29.6 Å². The summed E-state index contributed by atoms with van der Waals surface area (Å²) in [5, 5.41) is 14.7. The molecule has 1 fully saturated rings. The highest BCUT2D eigenvalue weighted by Crippen LogP contribution is 2.32. The van der Waals surface area contributed by atoms with Crippen LogP contribution in [0.1, 0.15) is 107 Å². The smallest absolute Gasteiger partial charge is 0.309 e. The number of aliphatic carboxylic acids is 1. The van der Waals surface area contributed by atoms with Crippen LogP contribution in [0.5, 0.6) is 0 Å². The largest absolute Gasteiger partial charge is 0.481 e. The fraction of sp³-hybridized carbons (Fsp3) is 0.622. The Kier molecular flexibility index (Phi) is 14.5. The number of Topliss-reactive ketones (excluding diaryl/α,β-unsaturated/α-hetero) is 1. The van der Waals surface area contributed by atoms with E-state index in [-0.39, 0.29) is 54.6 Å². The summed E-state index contributed by atoms with van der Waals surface area (Å²) in [6, 6.07) is 6.15. The predicted octanol–water partition coefficient (Wildman–Crippen LogP) is 5.12. The summed E-state index contributed by atoms with van der Waals surface area (Å²) in [6.07, 6.45) is 3.00. The SMILES string of the molecule is CC(=O)O[C@H](C[C@H](C(C)C)N(C)C(=O)[C@H](C)CC(=O)[C@H]1CCCCN1C)c1nc(C(=O)N[C@@H](Cc2ccc(N)cc2)CC(C)(C)C(=O)O)cs1. The second-order valence-corrected chi connectivity index (χ2v) is 15.6. The number of aromatic nitrogens is 1. The van der Waals surface area contributed by atoms with Crippen LogP contribution in [0.4, 0.5) is 5.69 Å². The molecule has 2 amide bonds. The van der Waals surface area contributed by atoms with E-state index in [0.717, 1.165) is 31.4 Å². The zero-order valence-corrected chi connectivity index (χ0v) is 31.5. The molecular formula is C37H55N5O7S. The second kappa shape index (κ2) is 17.9. The van der Waals surface area contributed by atoms with Crippen LogP contribution in [-0.2, 0) is 30.3 Å². The number of rotatable bonds is 17. The number of amides is 2. The third-order valence-electron chi connectivity index (χ3n) is 9.61. The third kappa shape index (κ3) is 11.3. The summed E-state index contributed by atoms with van der Waals surface area (Å²) >= 11 is 1.17. The maximum atomic E-state index is 13.7. The van der Waals surface area contributed by atoms with Gasteiger partial charge in [0.1, 0.15) is 10.7 Å². The van der Waals surface area contributed by atoms with Crippen LogP contribution < -0.4 is 11.1 Å². The summed E-state index contributed by atoms with van der Waals surface area (Å²) in [4.78, 5) is 72.8. The van der Waals surface area contributed by atoms with Crippen LogP contribution in [0.3, 0.4) is 0 Å². The number of carbonyl (C=O) groups is 5. The van der Waals surface area contributed by atoms with E-state index in [9.17, 15) is 29.1 Å². The number of ether oxygens (including phenoxy) is 1. The van der Waals surface area contributed by atoms with Crippen molar-refractivity contribution in [3.8, 4) is 0 Å². The van der Waals surface area contributed by atoms with Gasteiger partial charge >= 0.3 is 11.9 Å². The van der Waals surface area contributed by atoms with Gasteiger partial charge in [-0.05, 0) is 76.7 Å². The molecular weight excluding hydrogens is 659 g/mol. The number of anilines is 1. The number of nitrogens with zero attached hydrogens (tertiary/aromatic N) is 3. The van der Waals surface area contributed by atoms with E-state index in [1.54, 1.807) is 50.2 Å². The minimum absolute atomic E-state index is 0.0243. The predicted molar refractivity (Wildman–Crippen MR) is 194 cm³/mol. The molecule has 50 heavy (non-hydrogen) atoms. The molecule has 12 nitrogen and oxygen atoms in total. The van der Waals surface area contributed by atoms with Crippen LogP contribution in [0.25, 0.3) is 0 Å². The van der Waals surface area contributed by atoms with Crippen molar-refractivity contribution in [3.05, 3.63) is 45.9 Å². The first-order chi connectivity index (χ1) is 23.4. The van der Waals surface area contributed by atoms with E-state index in [0.29, 0.717) is 17.1 Å². The highest BCUT2D eigenvalue weighted by atomic mass is 32.1. The molecule has 1 aromatic carbocycles. The maximum absolute atomic E-state index is 13.7. The molecule has 5 atom stereocenters. The minimum atomic E-state index is -1.11. The highest BCUT2D eigenvalue weighted by Gasteiger charge is 2.35. The molecule has 1 aromatic heterocycles. The van der Waals surface area contributed by atoms with Crippen molar-refractivity contribution in [2.24, 2.45) is 17.3 Å². The lowest BCUT2D eigenvalue weighted by atomic mass is 9.84. The number of esters is 1. The van der Waals surface area contributed by atoms with Gasteiger partial charge in [0.25, 0.3) is 5.91 Å². The van der Waals surface area contributed by atoms with Crippen molar-refractivity contribution in [3.63, 3.8) is 0 Å². The third-order valence-corrected chi connectivity index (χ3v) is 10.5. The Labute approximate surface area is 300 Å². The van der Waals surface area contributed by atoms with Gasteiger partial charge in [0, 0.05) is 55.9 Å². The van der Waals surface area contributed by atoms with Crippen LogP contribution in [-0.4, -0.2) is 88.2 Å². The fourth-order valence-electron chi connectivity index (χ4n) is 6.63. The summed E-state index contributed by atoms with van der Waals surface area (Å²) in [6.45, 7) is 11.1. The van der Waals surface area contributed by atoms with E-state index in [1.165, 1.54) is 18.3 Å². The van der Waals surface area contributed by atoms with Crippen molar-refractivity contribution in [2.75, 3.05) is 26.4 Å². The molecule has 4 N–H and O–H groups in total.